The zero-order valence-corrected chi connectivity index (χ0v) is 6.76. The van der Waals surface area contributed by atoms with Crippen molar-refractivity contribution in [1.29, 1.82) is 0 Å². The topological polar surface area (TPSA) is 24.9 Å². The van der Waals surface area contributed by atoms with Crippen molar-refractivity contribution in [2.75, 3.05) is 11.9 Å². The first-order valence-electron chi connectivity index (χ1n) is 4.21. The second kappa shape index (κ2) is 3.09. The molecule has 1 aromatic rings. The summed E-state index contributed by atoms with van der Waals surface area (Å²) >= 11 is 0. The number of nitrogens with one attached hydrogen (secondary N) is 1. The molecule has 1 aliphatic carbocycles. The molecule has 2 rings (SSSR count). The third-order valence-corrected chi connectivity index (χ3v) is 1.98. The minimum Gasteiger partial charge on any atom is -0.370 e. The number of halogens is 1. The van der Waals surface area contributed by atoms with Gasteiger partial charge in [-0.25, -0.2) is 4.98 Å². The second-order valence-corrected chi connectivity index (χ2v) is 3.17. The van der Waals surface area contributed by atoms with E-state index in [0.717, 1.165) is 12.5 Å². The third-order valence-electron chi connectivity index (χ3n) is 1.98. The lowest BCUT2D eigenvalue weighted by Crippen LogP contribution is -2.05. The Bertz CT molecular complexity index is 271. The Morgan fingerprint density at radius 1 is 1.50 bits per heavy atom. The van der Waals surface area contributed by atoms with Crippen LogP contribution >= 0.6 is 0 Å². The maximum absolute atomic E-state index is 12.6. The molecule has 64 valence electrons. The van der Waals surface area contributed by atoms with E-state index < -0.39 is 5.95 Å². The molecule has 3 heteroatoms. The van der Waals surface area contributed by atoms with E-state index in [9.17, 15) is 4.39 Å². The van der Waals surface area contributed by atoms with Crippen molar-refractivity contribution in [3.63, 3.8) is 0 Å². The second-order valence-electron chi connectivity index (χ2n) is 3.17. The highest BCUT2D eigenvalue weighted by atomic mass is 19.1. The van der Waals surface area contributed by atoms with Gasteiger partial charge in [-0.05, 0) is 30.9 Å². The SMILES string of the molecule is Fc1cccc(NCC2CC2)n1. The van der Waals surface area contributed by atoms with Gasteiger partial charge in [0.25, 0.3) is 0 Å². The first-order chi connectivity index (χ1) is 5.84. The molecule has 0 aromatic carbocycles. The van der Waals surface area contributed by atoms with Gasteiger partial charge in [0.05, 0.1) is 0 Å². The van der Waals surface area contributed by atoms with E-state index in [-0.39, 0.29) is 0 Å². The smallest absolute Gasteiger partial charge is 0.214 e. The molecule has 0 atom stereocenters. The van der Waals surface area contributed by atoms with Crippen molar-refractivity contribution in [3.8, 4) is 0 Å². The molecule has 0 amide bonds. The third kappa shape index (κ3) is 1.94. The normalized spacial score (nSPS) is 16.1. The molecule has 1 heterocycles. The molecular weight excluding hydrogens is 155 g/mol. The number of nitrogens with zero attached hydrogens (tertiary/aromatic N) is 1. The van der Waals surface area contributed by atoms with E-state index in [1.807, 2.05) is 0 Å². The number of aromatic nitrogens is 1. The van der Waals surface area contributed by atoms with Crippen molar-refractivity contribution < 1.29 is 4.39 Å². The molecule has 1 saturated carbocycles. The van der Waals surface area contributed by atoms with Crippen molar-refractivity contribution >= 4 is 5.82 Å². The van der Waals surface area contributed by atoms with E-state index in [2.05, 4.69) is 10.3 Å². The highest BCUT2D eigenvalue weighted by Crippen LogP contribution is 2.28. The lowest BCUT2D eigenvalue weighted by molar-refractivity contribution is 0.585. The van der Waals surface area contributed by atoms with Gasteiger partial charge in [0, 0.05) is 6.54 Å². The Balaban J connectivity index is 1.92. The Labute approximate surface area is 70.8 Å². The summed E-state index contributed by atoms with van der Waals surface area (Å²) in [7, 11) is 0. The Morgan fingerprint density at radius 3 is 3.00 bits per heavy atom. The maximum Gasteiger partial charge on any atom is 0.214 e. The van der Waals surface area contributed by atoms with Crippen LogP contribution in [0, 0.1) is 11.9 Å². The summed E-state index contributed by atoms with van der Waals surface area (Å²) < 4.78 is 12.6. The summed E-state index contributed by atoms with van der Waals surface area (Å²) in [6, 6.07) is 4.80. The van der Waals surface area contributed by atoms with Crippen LogP contribution < -0.4 is 5.32 Å². The standard InChI is InChI=1S/C9H11FN2/c10-8-2-1-3-9(12-8)11-6-7-4-5-7/h1-3,7H,4-6H2,(H,11,12). The first-order valence-corrected chi connectivity index (χ1v) is 4.21. The Kier molecular flexibility index (Phi) is 1.94. The summed E-state index contributed by atoms with van der Waals surface area (Å²) in [4.78, 5) is 3.70. The van der Waals surface area contributed by atoms with Gasteiger partial charge in [-0.3, -0.25) is 0 Å². The number of rotatable bonds is 3. The highest BCUT2D eigenvalue weighted by Gasteiger charge is 2.20. The van der Waals surface area contributed by atoms with Gasteiger partial charge in [0.15, 0.2) is 0 Å². The average molecular weight is 166 g/mol. The zero-order valence-electron chi connectivity index (χ0n) is 6.76. The monoisotopic (exact) mass is 166 g/mol. The summed E-state index contributed by atoms with van der Waals surface area (Å²) in [6.07, 6.45) is 2.59. The summed E-state index contributed by atoms with van der Waals surface area (Å²) in [6.45, 7) is 0.927. The average Bonchev–Trinajstić information content (AvgIpc) is 2.84. The van der Waals surface area contributed by atoms with Crippen LogP contribution in [0.5, 0.6) is 0 Å². The predicted molar refractivity (Wildman–Crippen MR) is 45.4 cm³/mol. The van der Waals surface area contributed by atoms with Crippen molar-refractivity contribution in [3.05, 3.63) is 24.1 Å². The van der Waals surface area contributed by atoms with Crippen LogP contribution in [0.15, 0.2) is 18.2 Å². The predicted octanol–water partition coefficient (Wildman–Crippen LogP) is 2.04. The van der Waals surface area contributed by atoms with Crippen molar-refractivity contribution in [1.82, 2.24) is 4.98 Å². The molecular formula is C9H11FN2. The molecule has 2 nitrogen and oxygen atoms in total. The molecule has 1 aromatic heterocycles. The Hall–Kier alpha value is -1.12. The minimum absolute atomic E-state index is 0.421. The van der Waals surface area contributed by atoms with Gasteiger partial charge in [0.2, 0.25) is 5.95 Å². The van der Waals surface area contributed by atoms with E-state index in [1.165, 1.54) is 18.9 Å². The summed E-state index contributed by atoms with van der Waals surface area (Å²) in [5.41, 5.74) is 0. The minimum atomic E-state index is -0.421. The number of pyridine rings is 1. The van der Waals surface area contributed by atoms with E-state index in [0.29, 0.717) is 5.82 Å². The molecule has 1 N–H and O–H groups in total. The van der Waals surface area contributed by atoms with Gasteiger partial charge >= 0.3 is 0 Å². The molecule has 1 fully saturated rings. The fourth-order valence-electron chi connectivity index (χ4n) is 1.08. The summed E-state index contributed by atoms with van der Waals surface area (Å²) in [5, 5.41) is 3.10. The van der Waals surface area contributed by atoms with Gasteiger partial charge in [-0.1, -0.05) is 6.07 Å². The quantitative estimate of drug-likeness (QED) is 0.695. The van der Waals surface area contributed by atoms with Gasteiger partial charge in [-0.2, -0.15) is 4.39 Å². The number of hydrogen-bond acceptors (Lipinski definition) is 2. The van der Waals surface area contributed by atoms with Crippen molar-refractivity contribution in [2.45, 2.75) is 12.8 Å². The molecule has 1 aliphatic rings. The van der Waals surface area contributed by atoms with Crippen LogP contribution in [0.3, 0.4) is 0 Å². The number of hydrogen-bond donors (Lipinski definition) is 1. The van der Waals surface area contributed by atoms with Crippen LogP contribution in [-0.2, 0) is 0 Å². The van der Waals surface area contributed by atoms with Crippen LogP contribution in [0.2, 0.25) is 0 Å². The lowest BCUT2D eigenvalue weighted by atomic mass is 10.4. The lowest BCUT2D eigenvalue weighted by Gasteiger charge is -2.02. The fourth-order valence-corrected chi connectivity index (χ4v) is 1.08. The summed E-state index contributed by atoms with van der Waals surface area (Å²) in [5.74, 6) is 1.01. The van der Waals surface area contributed by atoms with Crippen LogP contribution in [0.1, 0.15) is 12.8 Å². The zero-order chi connectivity index (χ0) is 8.39. The molecule has 0 saturated heterocycles. The van der Waals surface area contributed by atoms with Gasteiger partial charge < -0.3 is 5.32 Å². The largest absolute Gasteiger partial charge is 0.370 e. The number of anilines is 1. The maximum atomic E-state index is 12.6. The van der Waals surface area contributed by atoms with Gasteiger partial charge in [0.1, 0.15) is 5.82 Å². The Morgan fingerprint density at radius 2 is 2.33 bits per heavy atom. The molecule has 12 heavy (non-hydrogen) atoms. The van der Waals surface area contributed by atoms with Gasteiger partial charge in [-0.15, -0.1) is 0 Å². The highest BCUT2D eigenvalue weighted by molar-refractivity contribution is 5.33. The van der Waals surface area contributed by atoms with E-state index >= 15 is 0 Å². The molecule has 0 spiro atoms. The molecule has 0 unspecified atom stereocenters. The molecule has 0 bridgehead atoms. The van der Waals surface area contributed by atoms with Crippen molar-refractivity contribution in [2.24, 2.45) is 5.92 Å². The van der Waals surface area contributed by atoms with Crippen LogP contribution in [0.25, 0.3) is 0 Å². The van der Waals surface area contributed by atoms with E-state index in [1.54, 1.807) is 12.1 Å². The van der Waals surface area contributed by atoms with Crippen LogP contribution in [0.4, 0.5) is 10.2 Å². The first kappa shape index (κ1) is 7.53. The van der Waals surface area contributed by atoms with E-state index in [4.69, 9.17) is 0 Å². The van der Waals surface area contributed by atoms with Crippen LogP contribution in [-0.4, -0.2) is 11.5 Å². The fraction of sp³-hybridized carbons (Fsp3) is 0.444. The molecule has 0 aliphatic heterocycles. The molecule has 0 radical (unpaired) electrons.